The molecule has 2 nitrogen and oxygen atoms in total. The Morgan fingerprint density at radius 2 is 2.00 bits per heavy atom. The molecule has 0 bridgehead atoms. The minimum absolute atomic E-state index is 0.0521. The Labute approximate surface area is 111 Å². The number of halogens is 1. The van der Waals surface area contributed by atoms with Crippen LogP contribution in [0, 0.1) is 5.92 Å². The van der Waals surface area contributed by atoms with E-state index in [2.05, 4.69) is 28.1 Å². The lowest BCUT2D eigenvalue weighted by Crippen LogP contribution is -2.23. The molecule has 0 spiro atoms. The molecular weight excluding hydrogens is 280 g/mol. The number of benzene rings is 1. The van der Waals surface area contributed by atoms with Crippen LogP contribution in [0.4, 0.5) is 0 Å². The van der Waals surface area contributed by atoms with Gasteiger partial charge in [-0.05, 0) is 24.8 Å². The summed E-state index contributed by atoms with van der Waals surface area (Å²) >= 11 is 3.47. The molecule has 0 saturated carbocycles. The highest BCUT2D eigenvalue weighted by molar-refractivity contribution is 9.09. The monoisotopic (exact) mass is 298 g/mol. The first-order valence-corrected chi connectivity index (χ1v) is 6.82. The Morgan fingerprint density at radius 1 is 1.35 bits per heavy atom. The van der Waals surface area contributed by atoms with Crippen molar-refractivity contribution in [3.05, 3.63) is 35.9 Å². The predicted octanol–water partition coefficient (Wildman–Crippen LogP) is 3.58. The maximum absolute atomic E-state index is 11.5. The third kappa shape index (κ3) is 4.90. The number of methoxy groups -OCH3 is 1. The second-order valence-corrected chi connectivity index (χ2v) is 5.63. The number of hydrogen-bond acceptors (Lipinski definition) is 2. The quantitative estimate of drug-likeness (QED) is 0.593. The van der Waals surface area contributed by atoms with E-state index in [1.807, 2.05) is 25.1 Å². The maximum Gasteiger partial charge on any atom is 0.309 e. The fraction of sp³-hybridized carbons (Fsp3) is 0.500. The lowest BCUT2D eigenvalue weighted by atomic mass is 9.97. The highest BCUT2D eigenvalue weighted by Gasteiger charge is 2.23. The molecule has 0 amide bonds. The van der Waals surface area contributed by atoms with Gasteiger partial charge in [-0.2, -0.15) is 0 Å². The van der Waals surface area contributed by atoms with Gasteiger partial charge in [0.15, 0.2) is 0 Å². The topological polar surface area (TPSA) is 26.3 Å². The molecule has 0 aromatic heterocycles. The van der Waals surface area contributed by atoms with Gasteiger partial charge in [-0.25, -0.2) is 0 Å². The van der Waals surface area contributed by atoms with Crippen LogP contribution in [0.5, 0.6) is 0 Å². The lowest BCUT2D eigenvalue weighted by Gasteiger charge is -2.16. The van der Waals surface area contributed by atoms with Crippen molar-refractivity contribution in [3.8, 4) is 0 Å². The number of hydrogen-bond donors (Lipinski definition) is 0. The largest absolute Gasteiger partial charge is 0.469 e. The van der Waals surface area contributed by atoms with Crippen LogP contribution >= 0.6 is 15.9 Å². The smallest absolute Gasteiger partial charge is 0.309 e. The number of esters is 1. The molecule has 0 heterocycles. The molecule has 0 aliphatic rings. The van der Waals surface area contributed by atoms with Crippen molar-refractivity contribution in [1.29, 1.82) is 0 Å². The van der Waals surface area contributed by atoms with Crippen LogP contribution in [0.3, 0.4) is 0 Å². The van der Waals surface area contributed by atoms with Crippen molar-refractivity contribution in [1.82, 2.24) is 0 Å². The molecule has 2 unspecified atom stereocenters. The second kappa shape index (κ2) is 7.49. The lowest BCUT2D eigenvalue weighted by molar-refractivity contribution is -0.145. The zero-order chi connectivity index (χ0) is 12.7. The Morgan fingerprint density at radius 3 is 2.53 bits per heavy atom. The molecular formula is C14H19BrO2. The molecule has 17 heavy (non-hydrogen) atoms. The molecule has 0 aliphatic heterocycles. The van der Waals surface area contributed by atoms with Crippen LogP contribution in [-0.4, -0.2) is 17.9 Å². The summed E-state index contributed by atoms with van der Waals surface area (Å²) in [6.07, 6.45) is 2.86. The third-order valence-corrected chi connectivity index (χ3v) is 3.52. The summed E-state index contributed by atoms with van der Waals surface area (Å²) in [5, 5.41) is 0. The fourth-order valence-corrected chi connectivity index (χ4v) is 2.34. The molecule has 1 aromatic carbocycles. The number of alkyl halides is 1. The first kappa shape index (κ1) is 14.2. The number of rotatable bonds is 6. The van der Waals surface area contributed by atoms with Crippen LogP contribution in [0.1, 0.15) is 25.3 Å². The zero-order valence-corrected chi connectivity index (χ0v) is 11.9. The van der Waals surface area contributed by atoms with Crippen LogP contribution in [0.25, 0.3) is 0 Å². The van der Waals surface area contributed by atoms with Gasteiger partial charge < -0.3 is 4.74 Å². The van der Waals surface area contributed by atoms with Gasteiger partial charge in [0.25, 0.3) is 0 Å². The van der Waals surface area contributed by atoms with E-state index in [0.29, 0.717) is 0 Å². The summed E-state index contributed by atoms with van der Waals surface area (Å²) in [6.45, 7) is 1.99. The van der Waals surface area contributed by atoms with Gasteiger partial charge in [0.05, 0.1) is 13.0 Å². The minimum Gasteiger partial charge on any atom is -0.469 e. The molecule has 0 radical (unpaired) electrons. The van der Waals surface area contributed by atoms with E-state index in [0.717, 1.165) is 19.3 Å². The molecule has 0 N–H and O–H groups in total. The van der Waals surface area contributed by atoms with E-state index in [1.165, 1.54) is 12.7 Å². The SMILES string of the molecule is COC(=O)C(CCCc1ccccc1)C(C)Br. The van der Waals surface area contributed by atoms with Crippen molar-refractivity contribution in [3.63, 3.8) is 0 Å². The average Bonchev–Trinajstić information content (AvgIpc) is 2.34. The van der Waals surface area contributed by atoms with E-state index < -0.39 is 0 Å². The Bertz CT molecular complexity index is 335. The summed E-state index contributed by atoms with van der Waals surface area (Å²) in [5.74, 6) is -0.175. The molecule has 0 aliphatic carbocycles. The summed E-state index contributed by atoms with van der Waals surface area (Å²) in [4.78, 5) is 11.7. The summed E-state index contributed by atoms with van der Waals surface area (Å²) in [5.41, 5.74) is 1.32. The fourth-order valence-electron chi connectivity index (χ4n) is 1.86. The normalized spacial score (nSPS) is 14.1. The third-order valence-electron chi connectivity index (χ3n) is 2.88. The van der Waals surface area contributed by atoms with E-state index in [9.17, 15) is 4.79 Å². The van der Waals surface area contributed by atoms with Crippen LogP contribution in [0.2, 0.25) is 0 Å². The molecule has 94 valence electrons. The predicted molar refractivity (Wildman–Crippen MR) is 73.3 cm³/mol. The molecule has 0 fully saturated rings. The minimum atomic E-state index is -0.123. The van der Waals surface area contributed by atoms with Gasteiger partial charge in [-0.3, -0.25) is 4.79 Å². The van der Waals surface area contributed by atoms with Gasteiger partial charge in [-0.15, -0.1) is 0 Å². The van der Waals surface area contributed by atoms with Gasteiger partial charge in [-0.1, -0.05) is 53.2 Å². The molecule has 2 atom stereocenters. The molecule has 1 aromatic rings. The van der Waals surface area contributed by atoms with Gasteiger partial charge in [0, 0.05) is 4.83 Å². The highest BCUT2D eigenvalue weighted by atomic mass is 79.9. The number of carbonyl (C=O) groups excluding carboxylic acids is 1. The van der Waals surface area contributed by atoms with Crippen LogP contribution in [-0.2, 0) is 16.0 Å². The van der Waals surface area contributed by atoms with Crippen molar-refractivity contribution in [2.24, 2.45) is 5.92 Å². The second-order valence-electron chi connectivity index (χ2n) is 4.19. The van der Waals surface area contributed by atoms with Gasteiger partial charge in [0.1, 0.15) is 0 Å². The number of ether oxygens (including phenoxy) is 1. The van der Waals surface area contributed by atoms with Crippen molar-refractivity contribution < 1.29 is 9.53 Å². The van der Waals surface area contributed by atoms with Gasteiger partial charge in [0.2, 0.25) is 0 Å². The van der Waals surface area contributed by atoms with Crippen LogP contribution < -0.4 is 0 Å². The Kier molecular flexibility index (Phi) is 6.27. The zero-order valence-electron chi connectivity index (χ0n) is 10.4. The Balaban J connectivity index is 2.40. The van der Waals surface area contributed by atoms with Crippen molar-refractivity contribution >= 4 is 21.9 Å². The van der Waals surface area contributed by atoms with Gasteiger partial charge >= 0.3 is 5.97 Å². The first-order chi connectivity index (χ1) is 8.15. The molecule has 3 heteroatoms. The number of carbonyl (C=O) groups is 1. The summed E-state index contributed by atoms with van der Waals surface area (Å²) in [7, 11) is 1.45. The molecule has 0 saturated heterocycles. The van der Waals surface area contributed by atoms with Crippen molar-refractivity contribution in [2.45, 2.75) is 31.0 Å². The first-order valence-electron chi connectivity index (χ1n) is 5.91. The van der Waals surface area contributed by atoms with E-state index in [4.69, 9.17) is 4.74 Å². The summed E-state index contributed by atoms with van der Waals surface area (Å²) in [6, 6.07) is 10.3. The highest BCUT2D eigenvalue weighted by Crippen LogP contribution is 2.20. The van der Waals surface area contributed by atoms with Crippen LogP contribution in [0.15, 0.2) is 30.3 Å². The van der Waals surface area contributed by atoms with E-state index in [-0.39, 0.29) is 16.7 Å². The Hall–Kier alpha value is -0.830. The summed E-state index contributed by atoms with van der Waals surface area (Å²) < 4.78 is 4.81. The average molecular weight is 299 g/mol. The van der Waals surface area contributed by atoms with Crippen molar-refractivity contribution in [2.75, 3.05) is 7.11 Å². The van der Waals surface area contributed by atoms with E-state index in [1.54, 1.807) is 0 Å². The van der Waals surface area contributed by atoms with E-state index >= 15 is 0 Å². The number of aryl methyl sites for hydroxylation is 1. The maximum atomic E-state index is 11.5. The molecule has 1 rings (SSSR count). The standard InChI is InChI=1S/C14H19BrO2/c1-11(15)13(14(16)17-2)10-6-9-12-7-4-3-5-8-12/h3-5,7-8,11,13H,6,9-10H2,1-2H3.